The largest absolute Gasteiger partial charge is 0.355 e. The zero-order valence-electron chi connectivity index (χ0n) is 17.6. The number of rotatable bonds is 6. The van der Waals surface area contributed by atoms with E-state index in [1.165, 1.54) is 40.8 Å². The molecule has 2 heterocycles. The lowest BCUT2D eigenvalue weighted by molar-refractivity contribution is -0.113. The second kappa shape index (κ2) is 10.5. The third-order valence-electron chi connectivity index (χ3n) is 5.14. The molecule has 1 aliphatic heterocycles. The number of amides is 1. The molecular formula is C21H23N5O3S4. The number of aromatic nitrogens is 1. The van der Waals surface area contributed by atoms with Gasteiger partial charge in [0.05, 0.1) is 20.9 Å². The maximum atomic E-state index is 12.4. The third kappa shape index (κ3) is 6.49. The van der Waals surface area contributed by atoms with Crippen LogP contribution in [0.3, 0.4) is 0 Å². The summed E-state index contributed by atoms with van der Waals surface area (Å²) in [6.45, 7) is 4.45. The molecule has 0 aliphatic carbocycles. The average molecular weight is 522 g/mol. The van der Waals surface area contributed by atoms with E-state index in [0.29, 0.717) is 19.7 Å². The molecule has 0 radical (unpaired) electrons. The first-order valence-electron chi connectivity index (χ1n) is 10.2. The molecule has 0 atom stereocenters. The van der Waals surface area contributed by atoms with Gasteiger partial charge >= 0.3 is 0 Å². The fraction of sp³-hybridized carbons (Fsp3) is 0.286. The molecule has 0 bridgehead atoms. The van der Waals surface area contributed by atoms with Crippen molar-refractivity contribution in [1.29, 1.82) is 0 Å². The predicted molar refractivity (Wildman–Crippen MR) is 138 cm³/mol. The van der Waals surface area contributed by atoms with Gasteiger partial charge in [-0.1, -0.05) is 65.6 Å². The van der Waals surface area contributed by atoms with Gasteiger partial charge < -0.3 is 10.2 Å². The third-order valence-corrected chi connectivity index (χ3v) is 8.51. The van der Waals surface area contributed by atoms with Crippen LogP contribution in [0, 0.1) is 0 Å². The first kappa shape index (κ1) is 24.0. The summed E-state index contributed by atoms with van der Waals surface area (Å²) in [6, 6.07) is 14.8. The molecule has 3 aromatic rings. The van der Waals surface area contributed by atoms with Gasteiger partial charge in [0.1, 0.15) is 4.32 Å². The predicted octanol–water partition coefficient (Wildman–Crippen LogP) is 2.72. The van der Waals surface area contributed by atoms with Gasteiger partial charge in [0.2, 0.25) is 15.9 Å². The minimum Gasteiger partial charge on any atom is -0.355 e. The summed E-state index contributed by atoms with van der Waals surface area (Å²) >= 11 is 8.07. The minimum atomic E-state index is -3.79. The summed E-state index contributed by atoms with van der Waals surface area (Å²) in [7, 11) is -3.79. The van der Waals surface area contributed by atoms with E-state index in [1.54, 1.807) is 6.07 Å². The van der Waals surface area contributed by atoms with Crippen LogP contribution >= 0.6 is 35.3 Å². The fourth-order valence-corrected chi connectivity index (χ4v) is 6.03. The Labute approximate surface area is 206 Å². The molecule has 1 saturated heterocycles. The number of thiocarbonyl (C=S) groups is 1. The van der Waals surface area contributed by atoms with Gasteiger partial charge in [0.15, 0.2) is 5.13 Å². The number of nitrogens with one attached hydrogen (secondary N) is 1. The topological polar surface area (TPSA) is 109 Å². The highest BCUT2D eigenvalue weighted by Crippen LogP contribution is 2.28. The van der Waals surface area contributed by atoms with E-state index in [0.717, 1.165) is 32.7 Å². The van der Waals surface area contributed by atoms with Crippen LogP contribution in [0.1, 0.15) is 5.56 Å². The Bertz CT molecular complexity index is 1260. The Balaban J connectivity index is 1.24. The van der Waals surface area contributed by atoms with E-state index in [-0.39, 0.29) is 16.6 Å². The van der Waals surface area contributed by atoms with Gasteiger partial charge in [0.25, 0.3) is 0 Å². The van der Waals surface area contributed by atoms with Crippen molar-refractivity contribution in [2.24, 2.45) is 5.14 Å². The number of benzene rings is 2. The minimum absolute atomic E-state index is 0.0151. The van der Waals surface area contributed by atoms with Crippen LogP contribution in [0.15, 0.2) is 53.4 Å². The van der Waals surface area contributed by atoms with Gasteiger partial charge in [-0.25, -0.2) is 18.5 Å². The van der Waals surface area contributed by atoms with Crippen LogP contribution in [0.5, 0.6) is 0 Å². The number of sulfonamides is 1. The van der Waals surface area contributed by atoms with Gasteiger partial charge in [0, 0.05) is 32.7 Å². The van der Waals surface area contributed by atoms with Crippen molar-refractivity contribution < 1.29 is 13.2 Å². The number of hydrogen-bond acceptors (Lipinski definition) is 8. The number of fused-ring (bicyclic) bond motifs is 1. The Hall–Kier alpha value is -2.09. The highest BCUT2D eigenvalue weighted by atomic mass is 32.2. The second-order valence-corrected chi connectivity index (χ2v) is 11.7. The van der Waals surface area contributed by atoms with E-state index in [2.05, 4.69) is 44.4 Å². The number of thiazole rings is 1. The number of primary sulfonamides is 1. The molecule has 0 saturated carbocycles. The highest BCUT2D eigenvalue weighted by molar-refractivity contribution is 8.23. The lowest BCUT2D eigenvalue weighted by Gasteiger charge is -2.35. The maximum absolute atomic E-state index is 12.4. The molecule has 0 unspecified atom stereocenters. The van der Waals surface area contributed by atoms with Gasteiger partial charge in [-0.2, -0.15) is 0 Å². The van der Waals surface area contributed by atoms with Gasteiger partial charge in [-0.05, 0) is 23.8 Å². The molecule has 3 N–H and O–H groups in total. The molecule has 1 fully saturated rings. The molecule has 1 aromatic heterocycles. The van der Waals surface area contributed by atoms with E-state index in [1.807, 2.05) is 6.07 Å². The first-order chi connectivity index (χ1) is 15.8. The number of hydrogen-bond donors (Lipinski definition) is 2. The van der Waals surface area contributed by atoms with Crippen LogP contribution < -0.4 is 10.5 Å². The molecule has 174 valence electrons. The number of thioether (sulfide) groups is 1. The van der Waals surface area contributed by atoms with Crippen molar-refractivity contribution in [3.05, 3.63) is 54.1 Å². The molecule has 2 aromatic carbocycles. The zero-order chi connectivity index (χ0) is 23.4. The fourth-order valence-electron chi connectivity index (χ4n) is 3.44. The first-order valence-corrected chi connectivity index (χ1v) is 13.9. The molecular weight excluding hydrogens is 499 g/mol. The van der Waals surface area contributed by atoms with Crippen molar-refractivity contribution in [3.8, 4) is 0 Å². The van der Waals surface area contributed by atoms with Gasteiger partial charge in [-0.3, -0.25) is 9.69 Å². The molecule has 8 nitrogen and oxygen atoms in total. The Morgan fingerprint density at radius 3 is 2.58 bits per heavy atom. The second-order valence-electron chi connectivity index (χ2n) is 7.55. The van der Waals surface area contributed by atoms with E-state index in [9.17, 15) is 13.2 Å². The maximum Gasteiger partial charge on any atom is 0.238 e. The number of anilines is 1. The Kier molecular flexibility index (Phi) is 7.62. The molecule has 33 heavy (non-hydrogen) atoms. The summed E-state index contributed by atoms with van der Waals surface area (Å²) in [5.41, 5.74) is 1.90. The zero-order valence-corrected chi connectivity index (χ0v) is 20.9. The number of carbonyl (C=O) groups excluding carboxylic acids is 1. The molecule has 1 aliphatic rings. The quantitative estimate of drug-likeness (QED) is 0.477. The average Bonchev–Trinajstić information content (AvgIpc) is 3.19. The molecule has 1 amide bonds. The Morgan fingerprint density at radius 2 is 1.88 bits per heavy atom. The highest BCUT2D eigenvalue weighted by Gasteiger charge is 2.20. The van der Waals surface area contributed by atoms with Crippen molar-refractivity contribution in [1.82, 2.24) is 14.8 Å². The Morgan fingerprint density at radius 1 is 1.15 bits per heavy atom. The van der Waals surface area contributed by atoms with Crippen molar-refractivity contribution in [3.63, 3.8) is 0 Å². The van der Waals surface area contributed by atoms with Crippen molar-refractivity contribution >= 4 is 70.9 Å². The number of carbonyl (C=O) groups is 1. The van der Waals surface area contributed by atoms with Crippen LogP contribution in [-0.2, 0) is 21.4 Å². The van der Waals surface area contributed by atoms with E-state index < -0.39 is 10.0 Å². The summed E-state index contributed by atoms with van der Waals surface area (Å²) in [4.78, 5) is 21.3. The standard InChI is InChI=1S/C21H23N5O3S4/c22-33(28,29)16-6-7-17-18(12-16)32-20(23-17)24-19(27)14-31-21(30)26-10-8-25(9-11-26)13-15-4-2-1-3-5-15/h1-7,12H,8-11,13-14H2,(H2,22,28,29)(H,23,24,27). The lowest BCUT2D eigenvalue weighted by atomic mass is 10.2. The van der Waals surface area contributed by atoms with E-state index in [4.69, 9.17) is 17.4 Å². The molecule has 12 heteroatoms. The summed E-state index contributed by atoms with van der Waals surface area (Å²) in [6.07, 6.45) is 0. The number of nitrogens with zero attached hydrogens (tertiary/aromatic N) is 3. The van der Waals surface area contributed by atoms with Crippen LogP contribution in [-0.4, -0.2) is 65.4 Å². The number of nitrogens with two attached hydrogens (primary N) is 1. The monoisotopic (exact) mass is 521 g/mol. The van der Waals surface area contributed by atoms with Gasteiger partial charge in [-0.15, -0.1) is 0 Å². The SMILES string of the molecule is NS(=O)(=O)c1ccc2nc(NC(=O)CSC(=S)N3CCN(Cc4ccccc4)CC3)sc2c1. The summed E-state index contributed by atoms with van der Waals surface area (Å²) < 4.78 is 24.4. The summed E-state index contributed by atoms with van der Waals surface area (Å²) in [5, 5.41) is 8.34. The number of piperazine rings is 1. The molecule has 0 spiro atoms. The summed E-state index contributed by atoms with van der Waals surface area (Å²) in [5.74, 6) is -0.0303. The van der Waals surface area contributed by atoms with Crippen molar-refractivity contribution in [2.75, 3.05) is 37.2 Å². The lowest BCUT2D eigenvalue weighted by Crippen LogP contribution is -2.47. The van der Waals surface area contributed by atoms with Crippen LogP contribution in [0.2, 0.25) is 0 Å². The van der Waals surface area contributed by atoms with Crippen molar-refractivity contribution in [2.45, 2.75) is 11.4 Å². The van der Waals surface area contributed by atoms with Crippen LogP contribution in [0.25, 0.3) is 10.2 Å². The van der Waals surface area contributed by atoms with E-state index >= 15 is 0 Å². The normalized spacial score (nSPS) is 15.0. The smallest absolute Gasteiger partial charge is 0.238 e. The van der Waals surface area contributed by atoms with Crippen LogP contribution in [0.4, 0.5) is 5.13 Å². The molecule has 4 rings (SSSR count).